The second kappa shape index (κ2) is 6.39. The van der Waals surface area contributed by atoms with Crippen LogP contribution in [0, 0.1) is 5.92 Å². The normalized spacial score (nSPS) is 25.7. The van der Waals surface area contributed by atoms with Crippen LogP contribution in [-0.2, 0) is 4.79 Å². The number of carbonyl (C=O) groups excluding carboxylic acids is 1. The minimum absolute atomic E-state index is 0.108. The molecule has 100 valence electrons. The molecule has 0 aliphatic carbocycles. The maximum atomic E-state index is 12.3. The Morgan fingerprint density at radius 2 is 1.94 bits per heavy atom. The molecule has 1 aliphatic rings. The van der Waals surface area contributed by atoms with Gasteiger partial charge >= 0.3 is 0 Å². The molecule has 2 atom stereocenters. The van der Waals surface area contributed by atoms with E-state index in [-0.39, 0.29) is 5.92 Å². The number of amides is 1. The summed E-state index contributed by atoms with van der Waals surface area (Å²) in [5.41, 5.74) is 0. The van der Waals surface area contributed by atoms with Crippen molar-refractivity contribution in [2.45, 2.75) is 72.0 Å². The van der Waals surface area contributed by atoms with Crippen molar-refractivity contribution in [3.8, 4) is 0 Å². The van der Waals surface area contributed by atoms with Crippen molar-refractivity contribution in [3.05, 3.63) is 0 Å². The summed E-state index contributed by atoms with van der Waals surface area (Å²) in [6, 6.07) is 1.27. The summed E-state index contributed by atoms with van der Waals surface area (Å²) in [6.45, 7) is 11.4. The molecule has 1 saturated heterocycles. The Morgan fingerprint density at radius 3 is 2.47 bits per heavy atom. The molecule has 0 spiro atoms. The van der Waals surface area contributed by atoms with Gasteiger partial charge in [0.2, 0.25) is 5.91 Å². The molecule has 1 fully saturated rings. The summed E-state index contributed by atoms with van der Waals surface area (Å²) in [6.07, 6.45) is 3.53. The fourth-order valence-corrected chi connectivity index (χ4v) is 2.55. The molecule has 1 amide bonds. The number of likely N-dealkylation sites (tertiary alicyclic amines) is 1. The van der Waals surface area contributed by atoms with E-state index in [0.29, 0.717) is 24.0 Å². The molecular weight excluding hydrogens is 212 g/mol. The monoisotopic (exact) mass is 240 g/mol. The maximum absolute atomic E-state index is 12.3. The van der Waals surface area contributed by atoms with Gasteiger partial charge in [-0.2, -0.15) is 0 Å². The van der Waals surface area contributed by atoms with Crippen molar-refractivity contribution in [2.75, 3.05) is 6.54 Å². The van der Waals surface area contributed by atoms with Crippen LogP contribution in [0.5, 0.6) is 0 Å². The zero-order chi connectivity index (χ0) is 13.0. The van der Waals surface area contributed by atoms with Gasteiger partial charge in [0.05, 0.1) is 0 Å². The van der Waals surface area contributed by atoms with E-state index in [2.05, 4.69) is 31.0 Å². The Kier molecular flexibility index (Phi) is 5.44. The molecule has 0 aromatic rings. The van der Waals surface area contributed by atoms with E-state index in [1.54, 1.807) is 0 Å². The van der Waals surface area contributed by atoms with Crippen LogP contribution in [0.3, 0.4) is 0 Å². The molecule has 17 heavy (non-hydrogen) atoms. The smallest absolute Gasteiger partial charge is 0.225 e. The molecule has 0 radical (unpaired) electrons. The van der Waals surface area contributed by atoms with Gasteiger partial charge in [-0.1, -0.05) is 27.7 Å². The predicted molar refractivity (Wildman–Crippen MR) is 71.9 cm³/mol. The van der Waals surface area contributed by atoms with Crippen LogP contribution in [0.2, 0.25) is 0 Å². The van der Waals surface area contributed by atoms with Crippen LogP contribution in [-0.4, -0.2) is 35.5 Å². The quantitative estimate of drug-likeness (QED) is 0.818. The fourth-order valence-electron chi connectivity index (χ4n) is 2.55. The lowest BCUT2D eigenvalue weighted by atomic mass is 9.94. The highest BCUT2D eigenvalue weighted by atomic mass is 16.2. The van der Waals surface area contributed by atoms with Crippen LogP contribution in [0.25, 0.3) is 0 Å². The largest absolute Gasteiger partial charge is 0.336 e. The SMILES string of the molecule is CC(C)NCC1CCCC(C)N1C(=O)C(C)C. The van der Waals surface area contributed by atoms with Gasteiger partial charge in [-0.25, -0.2) is 0 Å². The summed E-state index contributed by atoms with van der Waals surface area (Å²) in [5, 5.41) is 3.47. The van der Waals surface area contributed by atoms with E-state index < -0.39 is 0 Å². The summed E-state index contributed by atoms with van der Waals surface area (Å²) < 4.78 is 0. The Hall–Kier alpha value is -0.570. The first-order chi connectivity index (χ1) is 7.93. The Bertz CT molecular complexity index is 251. The lowest BCUT2D eigenvalue weighted by Crippen LogP contribution is -2.54. The highest BCUT2D eigenvalue weighted by Crippen LogP contribution is 2.24. The van der Waals surface area contributed by atoms with Crippen molar-refractivity contribution < 1.29 is 4.79 Å². The van der Waals surface area contributed by atoms with Crippen molar-refractivity contribution in [2.24, 2.45) is 5.92 Å². The molecule has 1 rings (SSSR count). The number of rotatable bonds is 4. The molecule has 3 heteroatoms. The van der Waals surface area contributed by atoms with Gasteiger partial charge in [-0.05, 0) is 26.2 Å². The zero-order valence-electron chi connectivity index (χ0n) is 12.0. The molecular formula is C14H28N2O. The van der Waals surface area contributed by atoms with Crippen LogP contribution in [0.4, 0.5) is 0 Å². The number of carbonyl (C=O) groups is 1. The third-order valence-corrected chi connectivity index (χ3v) is 3.54. The first kappa shape index (κ1) is 14.5. The third-order valence-electron chi connectivity index (χ3n) is 3.54. The average Bonchev–Trinajstić information content (AvgIpc) is 2.25. The van der Waals surface area contributed by atoms with E-state index in [4.69, 9.17) is 0 Å². The van der Waals surface area contributed by atoms with E-state index in [1.165, 1.54) is 6.42 Å². The number of hydrogen-bond donors (Lipinski definition) is 1. The summed E-state index contributed by atoms with van der Waals surface area (Å²) in [5.74, 6) is 0.421. The first-order valence-corrected chi connectivity index (χ1v) is 6.99. The second-order valence-corrected chi connectivity index (χ2v) is 5.90. The van der Waals surface area contributed by atoms with Crippen molar-refractivity contribution in [1.82, 2.24) is 10.2 Å². The summed E-state index contributed by atoms with van der Waals surface area (Å²) in [4.78, 5) is 14.4. The lowest BCUT2D eigenvalue weighted by molar-refractivity contribution is -0.141. The topological polar surface area (TPSA) is 32.3 Å². The minimum atomic E-state index is 0.108. The fraction of sp³-hybridized carbons (Fsp3) is 0.929. The summed E-state index contributed by atoms with van der Waals surface area (Å²) >= 11 is 0. The van der Waals surface area contributed by atoms with Crippen molar-refractivity contribution in [3.63, 3.8) is 0 Å². The lowest BCUT2D eigenvalue weighted by Gasteiger charge is -2.42. The standard InChI is InChI=1S/C14H28N2O/c1-10(2)14(17)16-12(5)7-6-8-13(16)9-15-11(3)4/h10-13,15H,6-9H2,1-5H3. The van der Waals surface area contributed by atoms with E-state index in [9.17, 15) is 4.79 Å². The molecule has 1 N–H and O–H groups in total. The molecule has 0 bridgehead atoms. The van der Waals surface area contributed by atoms with Gasteiger partial charge in [0, 0.05) is 30.6 Å². The van der Waals surface area contributed by atoms with Gasteiger partial charge in [-0.15, -0.1) is 0 Å². The molecule has 1 aliphatic heterocycles. The van der Waals surface area contributed by atoms with Gasteiger partial charge in [0.25, 0.3) is 0 Å². The molecule has 2 unspecified atom stereocenters. The first-order valence-electron chi connectivity index (χ1n) is 6.99. The molecule has 0 aromatic heterocycles. The maximum Gasteiger partial charge on any atom is 0.225 e. The second-order valence-electron chi connectivity index (χ2n) is 5.90. The van der Waals surface area contributed by atoms with Crippen LogP contribution in [0.1, 0.15) is 53.9 Å². The highest BCUT2D eigenvalue weighted by Gasteiger charge is 2.32. The minimum Gasteiger partial charge on any atom is -0.336 e. The average molecular weight is 240 g/mol. The zero-order valence-corrected chi connectivity index (χ0v) is 12.0. The van der Waals surface area contributed by atoms with Crippen molar-refractivity contribution in [1.29, 1.82) is 0 Å². The van der Waals surface area contributed by atoms with Crippen molar-refractivity contribution >= 4 is 5.91 Å². The molecule has 0 aromatic carbocycles. The predicted octanol–water partition coefficient (Wildman–Crippen LogP) is 2.41. The summed E-state index contributed by atoms with van der Waals surface area (Å²) in [7, 11) is 0. The Balaban J connectivity index is 2.67. The van der Waals surface area contributed by atoms with Gasteiger partial charge in [0.15, 0.2) is 0 Å². The Morgan fingerprint density at radius 1 is 1.29 bits per heavy atom. The van der Waals surface area contributed by atoms with E-state index >= 15 is 0 Å². The number of piperidine rings is 1. The van der Waals surface area contributed by atoms with E-state index in [1.807, 2.05) is 13.8 Å². The molecule has 0 saturated carbocycles. The van der Waals surface area contributed by atoms with Gasteiger partial charge in [-0.3, -0.25) is 4.79 Å². The third kappa shape index (κ3) is 3.98. The van der Waals surface area contributed by atoms with Gasteiger partial charge < -0.3 is 10.2 Å². The Labute approximate surface area is 106 Å². The van der Waals surface area contributed by atoms with Crippen LogP contribution in [0.15, 0.2) is 0 Å². The van der Waals surface area contributed by atoms with E-state index in [0.717, 1.165) is 19.4 Å². The van der Waals surface area contributed by atoms with Crippen LogP contribution < -0.4 is 5.32 Å². The molecule has 1 heterocycles. The number of nitrogens with one attached hydrogen (secondary N) is 1. The molecule has 3 nitrogen and oxygen atoms in total. The highest BCUT2D eigenvalue weighted by molar-refractivity contribution is 5.78. The number of nitrogens with zero attached hydrogens (tertiary/aromatic N) is 1. The van der Waals surface area contributed by atoms with Gasteiger partial charge in [0.1, 0.15) is 0 Å². The number of hydrogen-bond acceptors (Lipinski definition) is 2. The van der Waals surface area contributed by atoms with Crippen LogP contribution >= 0.6 is 0 Å².